The lowest BCUT2D eigenvalue weighted by Gasteiger charge is -2.10. The molecule has 0 saturated carbocycles. The normalized spacial score (nSPS) is 9.95. The van der Waals surface area contributed by atoms with Crippen LogP contribution in [0.2, 0.25) is 0 Å². The van der Waals surface area contributed by atoms with Crippen LogP contribution in [-0.2, 0) is 32.2 Å². The van der Waals surface area contributed by atoms with E-state index in [2.05, 4.69) is 38.3 Å². The quantitative estimate of drug-likeness (QED) is 0.184. The van der Waals surface area contributed by atoms with Gasteiger partial charge >= 0.3 is 0 Å². The van der Waals surface area contributed by atoms with Crippen molar-refractivity contribution in [2.45, 2.75) is 26.9 Å². The van der Waals surface area contributed by atoms with Gasteiger partial charge in [0, 0.05) is 7.11 Å². The van der Waals surface area contributed by atoms with Crippen molar-refractivity contribution in [2.75, 3.05) is 31.2 Å². The van der Waals surface area contributed by atoms with E-state index in [1.54, 1.807) is 24.3 Å². The molecule has 10 heteroatoms. The smallest absolute Gasteiger partial charge is 0.276 e. The molecule has 0 aliphatic carbocycles. The molecule has 198 valence electrons. The van der Waals surface area contributed by atoms with Crippen molar-refractivity contribution in [3.8, 4) is 5.75 Å². The zero-order chi connectivity index (χ0) is 26.9. The van der Waals surface area contributed by atoms with Crippen LogP contribution < -0.4 is 26.4 Å². The van der Waals surface area contributed by atoms with Crippen molar-refractivity contribution < 1.29 is 29.2 Å². The highest BCUT2D eigenvalue weighted by atomic mass is 17.1. The minimum Gasteiger partial charge on any atom is -0.484 e. The van der Waals surface area contributed by atoms with Gasteiger partial charge in [-0.1, -0.05) is 48.9 Å². The van der Waals surface area contributed by atoms with Gasteiger partial charge in [-0.15, -0.1) is 0 Å². The summed E-state index contributed by atoms with van der Waals surface area (Å²) in [5.41, 5.74) is 15.4. The van der Waals surface area contributed by atoms with Crippen molar-refractivity contribution in [1.29, 1.82) is 0 Å². The number of ether oxygens (including phenoxy) is 2. The molecule has 0 fully saturated rings. The van der Waals surface area contributed by atoms with Crippen LogP contribution in [-0.4, -0.2) is 37.4 Å². The summed E-state index contributed by atoms with van der Waals surface area (Å²) in [5, 5.41) is 8.36. The van der Waals surface area contributed by atoms with Crippen LogP contribution in [0.4, 0.5) is 11.4 Å². The van der Waals surface area contributed by atoms with E-state index in [9.17, 15) is 9.59 Å². The van der Waals surface area contributed by atoms with Crippen LogP contribution in [0.15, 0.2) is 72.8 Å². The molecular formula is C27H34N4O6. The Bertz CT molecular complexity index is 1070. The van der Waals surface area contributed by atoms with Gasteiger partial charge in [0.25, 0.3) is 11.8 Å². The topological polar surface area (TPSA) is 130 Å². The molecule has 0 radical (unpaired) electrons. The van der Waals surface area contributed by atoms with Crippen molar-refractivity contribution >= 4 is 23.2 Å². The number of benzene rings is 3. The van der Waals surface area contributed by atoms with E-state index in [-0.39, 0.29) is 31.6 Å². The minimum atomic E-state index is -0.285. The summed E-state index contributed by atoms with van der Waals surface area (Å²) in [4.78, 5) is 26.8. The summed E-state index contributed by atoms with van der Waals surface area (Å²) < 4.78 is 10.1. The van der Waals surface area contributed by atoms with Crippen molar-refractivity contribution in [3.63, 3.8) is 0 Å². The van der Waals surface area contributed by atoms with Gasteiger partial charge < -0.3 is 9.47 Å². The van der Waals surface area contributed by atoms with Gasteiger partial charge in [-0.25, -0.2) is 4.89 Å². The lowest BCUT2D eigenvalue weighted by atomic mass is 10.2. The molecule has 0 unspecified atom stereocenters. The molecule has 10 nitrogen and oxygen atoms in total. The SMILES string of the molecule is CCc1ccc(OCC(=O)NNc2ccc(COO)cc2)cc1.COCC(=O)NNc1ccc(C)cc1. The molecule has 0 atom stereocenters. The fraction of sp³-hybridized carbons (Fsp3) is 0.259. The van der Waals surface area contributed by atoms with Gasteiger partial charge in [0.15, 0.2) is 6.61 Å². The number of hydrogen-bond acceptors (Lipinski definition) is 8. The Labute approximate surface area is 216 Å². The van der Waals surface area contributed by atoms with Gasteiger partial charge in [0.2, 0.25) is 0 Å². The Morgan fingerprint density at radius 3 is 1.78 bits per heavy atom. The molecule has 0 aliphatic rings. The van der Waals surface area contributed by atoms with E-state index >= 15 is 0 Å². The third kappa shape index (κ3) is 11.9. The average molecular weight is 511 g/mol. The zero-order valence-electron chi connectivity index (χ0n) is 21.2. The molecule has 3 aromatic carbocycles. The Morgan fingerprint density at radius 1 is 0.757 bits per heavy atom. The number of amides is 2. The van der Waals surface area contributed by atoms with E-state index in [1.165, 1.54) is 18.2 Å². The second kappa shape index (κ2) is 16.5. The number of hydrazine groups is 2. The first-order valence-electron chi connectivity index (χ1n) is 11.7. The van der Waals surface area contributed by atoms with E-state index in [4.69, 9.17) is 9.99 Å². The monoisotopic (exact) mass is 510 g/mol. The summed E-state index contributed by atoms with van der Waals surface area (Å²) in [6.45, 7) is 4.19. The number of carbonyl (C=O) groups excluding carboxylic acids is 2. The van der Waals surface area contributed by atoms with Gasteiger partial charge in [0.1, 0.15) is 19.0 Å². The van der Waals surface area contributed by atoms with Crippen molar-refractivity contribution in [3.05, 3.63) is 89.5 Å². The Hall–Kier alpha value is -4.12. The highest BCUT2D eigenvalue weighted by molar-refractivity contribution is 5.79. The molecule has 37 heavy (non-hydrogen) atoms. The van der Waals surface area contributed by atoms with Crippen LogP contribution in [0.25, 0.3) is 0 Å². The molecular weight excluding hydrogens is 476 g/mol. The lowest BCUT2D eigenvalue weighted by Crippen LogP contribution is -2.33. The number of carbonyl (C=O) groups is 2. The van der Waals surface area contributed by atoms with Crippen molar-refractivity contribution in [1.82, 2.24) is 10.9 Å². The maximum atomic E-state index is 11.7. The number of anilines is 2. The second-order valence-corrected chi connectivity index (χ2v) is 7.90. The first kappa shape index (κ1) is 29.1. The molecule has 3 aromatic rings. The van der Waals surface area contributed by atoms with Crippen LogP contribution in [0.3, 0.4) is 0 Å². The van der Waals surface area contributed by atoms with Crippen LogP contribution in [0.5, 0.6) is 5.75 Å². The van der Waals surface area contributed by atoms with Crippen LogP contribution in [0.1, 0.15) is 23.6 Å². The lowest BCUT2D eigenvalue weighted by molar-refractivity contribution is -0.253. The summed E-state index contributed by atoms with van der Waals surface area (Å²) in [6.07, 6.45) is 0.966. The predicted octanol–water partition coefficient (Wildman–Crippen LogP) is 3.85. The first-order chi connectivity index (χ1) is 17.9. The fourth-order valence-electron chi connectivity index (χ4n) is 2.85. The molecule has 0 bridgehead atoms. The fourth-order valence-corrected chi connectivity index (χ4v) is 2.85. The van der Waals surface area contributed by atoms with E-state index in [0.29, 0.717) is 11.4 Å². The third-order valence-corrected chi connectivity index (χ3v) is 4.91. The average Bonchev–Trinajstić information content (AvgIpc) is 2.92. The highest BCUT2D eigenvalue weighted by Gasteiger charge is 2.03. The molecule has 0 spiro atoms. The molecule has 0 aliphatic heterocycles. The van der Waals surface area contributed by atoms with E-state index in [0.717, 1.165) is 17.7 Å². The molecule has 3 rings (SSSR count). The van der Waals surface area contributed by atoms with Gasteiger partial charge in [-0.3, -0.25) is 36.5 Å². The predicted molar refractivity (Wildman–Crippen MR) is 142 cm³/mol. The molecule has 0 aromatic heterocycles. The number of methoxy groups -OCH3 is 1. The van der Waals surface area contributed by atoms with Gasteiger partial charge in [-0.2, -0.15) is 0 Å². The second-order valence-electron chi connectivity index (χ2n) is 7.90. The largest absolute Gasteiger partial charge is 0.484 e. The summed E-state index contributed by atoms with van der Waals surface area (Å²) >= 11 is 0. The number of aryl methyl sites for hydroxylation is 2. The molecule has 0 saturated heterocycles. The van der Waals surface area contributed by atoms with Gasteiger partial charge in [-0.05, 0) is 60.9 Å². The Morgan fingerprint density at radius 2 is 1.27 bits per heavy atom. The number of rotatable bonds is 12. The molecule has 5 N–H and O–H groups in total. The summed E-state index contributed by atoms with van der Waals surface area (Å²) in [7, 11) is 1.48. The molecule has 0 heterocycles. The number of nitrogens with one attached hydrogen (secondary N) is 4. The van der Waals surface area contributed by atoms with Crippen LogP contribution in [0, 0.1) is 6.92 Å². The van der Waals surface area contributed by atoms with E-state index in [1.807, 2.05) is 55.5 Å². The molecule has 2 amide bonds. The summed E-state index contributed by atoms with van der Waals surface area (Å²) in [5.74, 6) is 0.172. The zero-order valence-corrected chi connectivity index (χ0v) is 21.2. The maximum Gasteiger partial charge on any atom is 0.276 e. The maximum absolute atomic E-state index is 11.7. The third-order valence-electron chi connectivity index (χ3n) is 4.91. The highest BCUT2D eigenvalue weighted by Crippen LogP contribution is 2.12. The number of hydrogen-bond donors (Lipinski definition) is 5. The summed E-state index contributed by atoms with van der Waals surface area (Å²) in [6, 6.07) is 22.4. The Kier molecular flexibility index (Phi) is 13.0. The standard InChI is InChI=1S/C17H20N2O4.C10H14N2O2/c1-2-13-5-9-16(10-6-13)22-12-17(20)19-18-15-7-3-14(4-8-15)11-23-21;1-8-3-5-9(6-4-8)11-12-10(13)7-14-2/h3-10,18,21H,2,11-12H2,1H3,(H,19,20);3-6,11H,7H2,1-2H3,(H,12,13). The van der Waals surface area contributed by atoms with Crippen LogP contribution >= 0.6 is 0 Å². The first-order valence-corrected chi connectivity index (χ1v) is 11.7. The van der Waals surface area contributed by atoms with E-state index < -0.39 is 0 Å². The van der Waals surface area contributed by atoms with Gasteiger partial charge in [0.05, 0.1) is 11.4 Å². The van der Waals surface area contributed by atoms with Crippen molar-refractivity contribution in [2.24, 2.45) is 0 Å². The minimum absolute atomic E-state index is 0.0544. The Balaban J connectivity index is 0.000000294.